The summed E-state index contributed by atoms with van der Waals surface area (Å²) in [5.41, 5.74) is 2.23. The lowest BCUT2D eigenvalue weighted by Crippen LogP contribution is -2.09. The first-order valence-electron chi connectivity index (χ1n) is 8.02. The lowest BCUT2D eigenvalue weighted by Gasteiger charge is -2.12. The van der Waals surface area contributed by atoms with Crippen molar-refractivity contribution in [3.05, 3.63) is 59.1 Å². The molecule has 0 radical (unpaired) electrons. The van der Waals surface area contributed by atoms with Crippen molar-refractivity contribution in [3.63, 3.8) is 0 Å². The second-order valence-electron chi connectivity index (χ2n) is 5.46. The second-order valence-corrected chi connectivity index (χ2v) is 6.31. The number of hydrogen-bond acceptors (Lipinski definition) is 6. The Morgan fingerprint density at radius 2 is 2.04 bits per heavy atom. The second kappa shape index (κ2) is 8.68. The number of pyridine rings is 1. The molecule has 3 aromatic rings. The number of nitrogens with zero attached hydrogens (tertiary/aromatic N) is 3. The van der Waals surface area contributed by atoms with Gasteiger partial charge in [0.2, 0.25) is 5.95 Å². The Labute approximate surface area is 158 Å². The first-order valence-corrected chi connectivity index (χ1v) is 8.81. The Hall–Kier alpha value is -2.58. The predicted octanol–water partition coefficient (Wildman–Crippen LogP) is 3.98. The highest BCUT2D eigenvalue weighted by atomic mass is 79.9. The molecule has 6 nitrogen and oxygen atoms in total. The van der Waals surface area contributed by atoms with Crippen molar-refractivity contribution in [1.82, 2.24) is 15.0 Å². The largest absolute Gasteiger partial charge is 0.396 e. The van der Waals surface area contributed by atoms with E-state index < -0.39 is 0 Å². The highest BCUT2D eigenvalue weighted by Gasteiger charge is 2.09. The van der Waals surface area contributed by atoms with Crippen molar-refractivity contribution in [3.8, 4) is 11.3 Å². The van der Waals surface area contributed by atoms with Crippen LogP contribution in [0.1, 0.15) is 6.42 Å². The van der Waals surface area contributed by atoms with Crippen LogP contribution in [0.15, 0.2) is 53.3 Å². The van der Waals surface area contributed by atoms with Crippen LogP contribution >= 0.6 is 15.9 Å². The van der Waals surface area contributed by atoms with Crippen LogP contribution in [0.4, 0.5) is 21.8 Å². The normalized spacial score (nSPS) is 10.6. The lowest BCUT2D eigenvalue weighted by molar-refractivity contribution is 0.292. The van der Waals surface area contributed by atoms with Crippen LogP contribution in [0.25, 0.3) is 11.3 Å². The number of hydrogen-bond donors (Lipinski definition) is 3. The summed E-state index contributed by atoms with van der Waals surface area (Å²) in [4.78, 5) is 13.1. The minimum absolute atomic E-state index is 0.0862. The molecule has 3 rings (SSSR count). The van der Waals surface area contributed by atoms with E-state index in [0.717, 1.165) is 5.56 Å². The molecule has 2 aromatic heterocycles. The number of benzene rings is 1. The van der Waals surface area contributed by atoms with Gasteiger partial charge in [-0.15, -0.1) is 0 Å². The molecule has 0 fully saturated rings. The molecule has 0 bridgehead atoms. The standard InChI is InChI=1S/C18H17BrFN5O/c19-14-9-13(20)4-5-15(14)23-17-10-16(12-3-1-6-21-11-12)24-18(25-17)22-7-2-8-26/h1,3-6,9-11,26H,2,7-8H2,(H2,22,23,24,25). The van der Waals surface area contributed by atoms with Crippen molar-refractivity contribution in [2.75, 3.05) is 23.8 Å². The van der Waals surface area contributed by atoms with E-state index in [1.165, 1.54) is 12.1 Å². The Morgan fingerprint density at radius 1 is 1.15 bits per heavy atom. The fourth-order valence-electron chi connectivity index (χ4n) is 2.26. The van der Waals surface area contributed by atoms with E-state index in [0.29, 0.717) is 40.6 Å². The zero-order valence-electron chi connectivity index (χ0n) is 13.8. The zero-order chi connectivity index (χ0) is 18.4. The van der Waals surface area contributed by atoms with E-state index in [1.807, 2.05) is 12.1 Å². The molecule has 0 spiro atoms. The van der Waals surface area contributed by atoms with Gasteiger partial charge in [-0.25, -0.2) is 9.37 Å². The minimum atomic E-state index is -0.326. The summed E-state index contributed by atoms with van der Waals surface area (Å²) in [5.74, 6) is 0.658. The van der Waals surface area contributed by atoms with Crippen LogP contribution in [0, 0.1) is 5.82 Å². The van der Waals surface area contributed by atoms with Crippen molar-refractivity contribution in [2.45, 2.75) is 6.42 Å². The van der Waals surface area contributed by atoms with Crippen LogP contribution in [0.5, 0.6) is 0 Å². The molecule has 26 heavy (non-hydrogen) atoms. The topological polar surface area (TPSA) is 83.0 Å². The maximum Gasteiger partial charge on any atom is 0.225 e. The molecule has 1 aromatic carbocycles. The van der Waals surface area contributed by atoms with Gasteiger partial charge in [-0.1, -0.05) is 0 Å². The van der Waals surface area contributed by atoms with E-state index in [9.17, 15) is 4.39 Å². The SMILES string of the molecule is OCCCNc1nc(Nc2ccc(F)cc2Br)cc(-c2cccnc2)n1. The summed E-state index contributed by atoms with van der Waals surface area (Å²) >= 11 is 3.34. The molecule has 0 aliphatic carbocycles. The average molecular weight is 418 g/mol. The lowest BCUT2D eigenvalue weighted by atomic mass is 10.2. The number of aromatic nitrogens is 3. The first-order chi connectivity index (χ1) is 12.7. The summed E-state index contributed by atoms with van der Waals surface area (Å²) in [7, 11) is 0. The molecule has 2 heterocycles. The monoisotopic (exact) mass is 417 g/mol. The number of aliphatic hydroxyl groups excluding tert-OH is 1. The number of aliphatic hydroxyl groups is 1. The van der Waals surface area contributed by atoms with E-state index in [-0.39, 0.29) is 12.4 Å². The fourth-order valence-corrected chi connectivity index (χ4v) is 2.71. The van der Waals surface area contributed by atoms with Crippen molar-refractivity contribution in [1.29, 1.82) is 0 Å². The first kappa shape index (κ1) is 18.2. The molecule has 0 aliphatic heterocycles. The summed E-state index contributed by atoms with van der Waals surface area (Å²) in [6, 6.07) is 9.92. The van der Waals surface area contributed by atoms with Gasteiger partial charge >= 0.3 is 0 Å². The quantitative estimate of drug-likeness (QED) is 0.504. The van der Waals surface area contributed by atoms with Gasteiger partial charge in [0.15, 0.2) is 0 Å². The highest BCUT2D eigenvalue weighted by Crippen LogP contribution is 2.28. The molecule has 0 unspecified atom stereocenters. The maximum atomic E-state index is 13.3. The zero-order valence-corrected chi connectivity index (χ0v) is 15.4. The molecule has 0 amide bonds. The molecule has 134 valence electrons. The number of rotatable bonds is 7. The fraction of sp³-hybridized carbons (Fsp3) is 0.167. The van der Waals surface area contributed by atoms with Gasteiger partial charge in [-0.05, 0) is 52.7 Å². The Balaban J connectivity index is 1.93. The van der Waals surface area contributed by atoms with Crippen LogP contribution in [0.3, 0.4) is 0 Å². The number of anilines is 3. The minimum Gasteiger partial charge on any atom is -0.396 e. The Morgan fingerprint density at radius 3 is 2.77 bits per heavy atom. The third-order valence-electron chi connectivity index (χ3n) is 3.50. The van der Waals surface area contributed by atoms with E-state index in [2.05, 4.69) is 41.5 Å². The summed E-state index contributed by atoms with van der Waals surface area (Å²) in [5, 5.41) is 15.2. The van der Waals surface area contributed by atoms with Crippen LogP contribution in [0.2, 0.25) is 0 Å². The van der Waals surface area contributed by atoms with Gasteiger partial charge in [0.05, 0.1) is 11.4 Å². The van der Waals surface area contributed by atoms with Gasteiger partial charge in [0, 0.05) is 41.6 Å². The number of nitrogens with one attached hydrogen (secondary N) is 2. The highest BCUT2D eigenvalue weighted by molar-refractivity contribution is 9.10. The molecular formula is C18H17BrFN5O. The summed E-state index contributed by atoms with van der Waals surface area (Å²) < 4.78 is 13.9. The average Bonchev–Trinajstić information content (AvgIpc) is 2.65. The molecule has 0 atom stereocenters. The van der Waals surface area contributed by atoms with Crippen LogP contribution < -0.4 is 10.6 Å². The van der Waals surface area contributed by atoms with Gasteiger partial charge in [0.1, 0.15) is 11.6 Å². The smallest absolute Gasteiger partial charge is 0.225 e. The molecule has 8 heteroatoms. The van der Waals surface area contributed by atoms with Gasteiger partial charge in [0.25, 0.3) is 0 Å². The van der Waals surface area contributed by atoms with Gasteiger partial charge in [-0.2, -0.15) is 4.98 Å². The summed E-state index contributed by atoms with van der Waals surface area (Å²) in [6.45, 7) is 0.635. The molecule has 0 saturated carbocycles. The van der Waals surface area contributed by atoms with E-state index in [4.69, 9.17) is 5.11 Å². The van der Waals surface area contributed by atoms with Crippen LogP contribution in [-0.4, -0.2) is 33.2 Å². The van der Waals surface area contributed by atoms with Crippen LogP contribution in [-0.2, 0) is 0 Å². The predicted molar refractivity (Wildman–Crippen MR) is 103 cm³/mol. The van der Waals surface area contributed by atoms with Gasteiger partial charge < -0.3 is 15.7 Å². The summed E-state index contributed by atoms with van der Waals surface area (Å²) in [6.07, 6.45) is 4.00. The maximum absolute atomic E-state index is 13.3. The molecule has 3 N–H and O–H groups in total. The van der Waals surface area contributed by atoms with Crippen molar-refractivity contribution >= 4 is 33.4 Å². The third-order valence-corrected chi connectivity index (χ3v) is 4.15. The van der Waals surface area contributed by atoms with Gasteiger partial charge in [-0.3, -0.25) is 4.98 Å². The number of halogens is 2. The Bertz CT molecular complexity index is 879. The molecule has 0 aliphatic rings. The van der Waals surface area contributed by atoms with Crippen molar-refractivity contribution in [2.24, 2.45) is 0 Å². The van der Waals surface area contributed by atoms with E-state index in [1.54, 1.807) is 24.5 Å². The third kappa shape index (κ3) is 4.74. The van der Waals surface area contributed by atoms with Crippen molar-refractivity contribution < 1.29 is 9.50 Å². The Kier molecular flexibility index (Phi) is 6.08. The molecule has 0 saturated heterocycles. The van der Waals surface area contributed by atoms with E-state index >= 15 is 0 Å². The molecular weight excluding hydrogens is 401 g/mol.